The number of aldehydes is 1. The highest BCUT2D eigenvalue weighted by molar-refractivity contribution is 6.04. The zero-order chi connectivity index (χ0) is 26.7. The molecular weight excluding hydrogens is 472 g/mol. The number of aliphatic carboxylic acids is 1. The van der Waals surface area contributed by atoms with Crippen LogP contribution < -0.4 is 16.4 Å². The van der Waals surface area contributed by atoms with Crippen molar-refractivity contribution in [3.8, 4) is 0 Å². The van der Waals surface area contributed by atoms with Gasteiger partial charge in [-0.1, -0.05) is 0 Å². The summed E-state index contributed by atoms with van der Waals surface area (Å²) in [6, 6.07) is -3.14. The van der Waals surface area contributed by atoms with Gasteiger partial charge < -0.3 is 51.2 Å². The number of nitrogens with zero attached hydrogens (tertiary/aromatic N) is 1. The fourth-order valence-electron chi connectivity index (χ4n) is 3.43. The summed E-state index contributed by atoms with van der Waals surface area (Å²) >= 11 is 0. The molecule has 4 amide bonds. The van der Waals surface area contributed by atoms with Crippen LogP contribution in [0.25, 0.3) is 0 Å². The summed E-state index contributed by atoms with van der Waals surface area (Å²) in [6.45, 7) is 0.587. The van der Waals surface area contributed by atoms with Crippen LogP contribution in [0.1, 0.15) is 32.6 Å². The summed E-state index contributed by atoms with van der Waals surface area (Å²) in [5.41, 5.74) is 5.22. The summed E-state index contributed by atoms with van der Waals surface area (Å²) in [6.07, 6.45) is -7.40. The summed E-state index contributed by atoms with van der Waals surface area (Å²) in [7, 11) is 0. The third-order valence-corrected chi connectivity index (χ3v) is 5.27. The van der Waals surface area contributed by atoms with Crippen molar-refractivity contribution in [2.75, 3.05) is 19.7 Å². The number of carboxylic acids is 1. The van der Waals surface area contributed by atoms with Gasteiger partial charge in [-0.2, -0.15) is 0 Å². The Morgan fingerprint density at radius 2 is 1.71 bits per heavy atom. The van der Waals surface area contributed by atoms with Crippen LogP contribution >= 0.6 is 0 Å². The van der Waals surface area contributed by atoms with Gasteiger partial charge in [0.1, 0.15) is 36.7 Å². The van der Waals surface area contributed by atoms with Crippen LogP contribution in [0.5, 0.6) is 0 Å². The van der Waals surface area contributed by atoms with Crippen molar-refractivity contribution in [1.82, 2.24) is 15.5 Å². The fourth-order valence-corrected chi connectivity index (χ4v) is 3.43. The molecule has 0 aromatic rings. The van der Waals surface area contributed by atoms with Crippen molar-refractivity contribution < 1.29 is 53.9 Å². The van der Waals surface area contributed by atoms with Crippen LogP contribution in [0.4, 0.5) is 0 Å². The van der Waals surface area contributed by atoms with Gasteiger partial charge in [-0.3, -0.25) is 24.0 Å². The molecule has 1 saturated heterocycles. The van der Waals surface area contributed by atoms with Crippen molar-refractivity contribution in [2.24, 2.45) is 5.73 Å². The van der Waals surface area contributed by atoms with E-state index >= 15 is 0 Å². The number of aliphatic hydroxyl groups excluding tert-OH is 3. The maximum Gasteiger partial charge on any atom is 0.303 e. The van der Waals surface area contributed by atoms with Crippen LogP contribution in [0.2, 0.25) is 0 Å². The Kier molecular flexibility index (Phi) is 12.2. The Hall–Kier alpha value is -3.14. The average Bonchev–Trinajstić information content (AvgIpc) is 3.34. The Labute approximate surface area is 200 Å². The first-order chi connectivity index (χ1) is 16.4. The Bertz CT molecular complexity index is 787. The zero-order valence-electron chi connectivity index (χ0n) is 19.2. The van der Waals surface area contributed by atoms with E-state index in [-0.39, 0.29) is 25.8 Å². The largest absolute Gasteiger partial charge is 0.481 e. The van der Waals surface area contributed by atoms with Gasteiger partial charge in [0.15, 0.2) is 0 Å². The molecule has 198 valence electrons. The van der Waals surface area contributed by atoms with Gasteiger partial charge in [0.05, 0.1) is 6.61 Å². The summed E-state index contributed by atoms with van der Waals surface area (Å²) < 4.78 is 5.49. The van der Waals surface area contributed by atoms with Crippen LogP contribution in [-0.2, 0) is 33.5 Å². The Balaban J connectivity index is 3.32. The lowest BCUT2D eigenvalue weighted by molar-refractivity contribution is -0.172. The standard InChI is InChI=1S/C20H32N4O11/c1-10(27)22-12(8-25)16(15(31)13(28)9-26)35-17(20(34)24-6-2-3-7-24)19(33)23-11(18(21)32)4-5-14(29)30/h8,11-13,15-17,26,28,31H,2-7,9H2,1H3,(H2,21,32)(H,22,27)(H,23,33)(H,29,30)/t11?,12-,13+,15+,16+,17?/m0/s1. The second-order valence-electron chi connectivity index (χ2n) is 8.01. The van der Waals surface area contributed by atoms with E-state index in [1.165, 1.54) is 4.90 Å². The van der Waals surface area contributed by atoms with Crippen molar-refractivity contribution in [3.05, 3.63) is 0 Å². The van der Waals surface area contributed by atoms with Gasteiger partial charge in [-0.15, -0.1) is 0 Å². The number of carbonyl (C=O) groups excluding carboxylic acids is 5. The molecule has 1 heterocycles. The van der Waals surface area contributed by atoms with Crippen molar-refractivity contribution in [1.29, 1.82) is 0 Å². The molecule has 1 aliphatic heterocycles. The highest BCUT2D eigenvalue weighted by atomic mass is 16.5. The molecule has 2 unspecified atom stereocenters. The van der Waals surface area contributed by atoms with Gasteiger partial charge in [0.2, 0.25) is 17.9 Å². The highest BCUT2D eigenvalue weighted by Crippen LogP contribution is 2.17. The molecule has 0 aromatic heterocycles. The van der Waals surface area contributed by atoms with E-state index < -0.39 is 79.1 Å². The smallest absolute Gasteiger partial charge is 0.303 e. The molecule has 0 aliphatic carbocycles. The third-order valence-electron chi connectivity index (χ3n) is 5.27. The molecule has 0 radical (unpaired) electrons. The Morgan fingerprint density at radius 1 is 1.11 bits per heavy atom. The number of hydrogen-bond acceptors (Lipinski definition) is 10. The summed E-state index contributed by atoms with van der Waals surface area (Å²) in [4.78, 5) is 73.1. The molecule has 1 rings (SSSR count). The van der Waals surface area contributed by atoms with Gasteiger partial charge in [0, 0.05) is 26.4 Å². The lowest BCUT2D eigenvalue weighted by Gasteiger charge is -2.34. The number of rotatable bonds is 15. The van der Waals surface area contributed by atoms with Gasteiger partial charge in [0.25, 0.3) is 11.8 Å². The minimum atomic E-state index is -2.08. The first kappa shape index (κ1) is 29.9. The van der Waals surface area contributed by atoms with E-state index in [1.807, 2.05) is 0 Å². The minimum absolute atomic E-state index is 0.147. The van der Waals surface area contributed by atoms with Crippen LogP contribution in [0.3, 0.4) is 0 Å². The predicted octanol–water partition coefficient (Wildman–Crippen LogP) is -4.38. The molecule has 35 heavy (non-hydrogen) atoms. The molecule has 1 fully saturated rings. The number of hydrogen-bond donors (Lipinski definition) is 7. The second-order valence-corrected chi connectivity index (χ2v) is 8.01. The molecular formula is C20H32N4O11. The molecule has 8 N–H and O–H groups in total. The third kappa shape index (κ3) is 9.20. The molecule has 1 aliphatic rings. The quantitative estimate of drug-likeness (QED) is 0.0828. The SMILES string of the molecule is CC(=O)N[C@@H](C=O)[C@@H](OC(C(=O)NC(CCC(=O)O)C(N)=O)C(=O)N1CCCC1)[C@H](O)[C@H](O)CO. The lowest BCUT2D eigenvalue weighted by atomic mass is 10.0. The van der Waals surface area contributed by atoms with E-state index in [4.69, 9.17) is 15.6 Å². The number of likely N-dealkylation sites (tertiary alicyclic amines) is 1. The summed E-state index contributed by atoms with van der Waals surface area (Å²) in [5, 5.41) is 42.7. The number of carbonyl (C=O) groups is 6. The Morgan fingerprint density at radius 3 is 2.17 bits per heavy atom. The second kappa shape index (κ2) is 14.3. The maximum absolute atomic E-state index is 13.1. The number of nitrogens with one attached hydrogen (secondary N) is 2. The molecule has 15 nitrogen and oxygen atoms in total. The summed E-state index contributed by atoms with van der Waals surface area (Å²) in [5.74, 6) is -5.21. The van der Waals surface area contributed by atoms with Gasteiger partial charge in [-0.05, 0) is 19.3 Å². The first-order valence-electron chi connectivity index (χ1n) is 10.9. The predicted molar refractivity (Wildman–Crippen MR) is 115 cm³/mol. The highest BCUT2D eigenvalue weighted by Gasteiger charge is 2.42. The molecule has 0 bridgehead atoms. The molecule has 0 spiro atoms. The van der Waals surface area contributed by atoms with E-state index in [9.17, 15) is 44.1 Å². The van der Waals surface area contributed by atoms with E-state index in [0.29, 0.717) is 12.8 Å². The lowest BCUT2D eigenvalue weighted by Crippen LogP contribution is -2.60. The van der Waals surface area contributed by atoms with Crippen molar-refractivity contribution >= 4 is 35.9 Å². The monoisotopic (exact) mass is 504 g/mol. The number of primary amides is 1. The van der Waals surface area contributed by atoms with Crippen LogP contribution in [-0.4, -0.2) is 117 Å². The van der Waals surface area contributed by atoms with Gasteiger partial charge >= 0.3 is 5.97 Å². The molecule has 15 heteroatoms. The number of aliphatic hydroxyl groups is 3. The number of carboxylic acid groups (broad SMARTS) is 1. The van der Waals surface area contributed by atoms with Crippen molar-refractivity contribution in [3.63, 3.8) is 0 Å². The van der Waals surface area contributed by atoms with E-state index in [0.717, 1.165) is 6.92 Å². The average molecular weight is 504 g/mol. The first-order valence-corrected chi connectivity index (χ1v) is 10.9. The van der Waals surface area contributed by atoms with Gasteiger partial charge in [-0.25, -0.2) is 0 Å². The maximum atomic E-state index is 13.1. The zero-order valence-corrected chi connectivity index (χ0v) is 19.2. The normalized spacial score (nSPS) is 18.5. The molecule has 0 aromatic carbocycles. The fraction of sp³-hybridized carbons (Fsp3) is 0.700. The van der Waals surface area contributed by atoms with E-state index in [2.05, 4.69) is 10.6 Å². The topological polar surface area (TPSA) is 246 Å². The number of nitrogens with two attached hydrogens (primary N) is 1. The molecule has 6 atom stereocenters. The van der Waals surface area contributed by atoms with Crippen molar-refractivity contribution in [2.45, 2.75) is 69.1 Å². The van der Waals surface area contributed by atoms with E-state index in [1.54, 1.807) is 0 Å². The number of ether oxygens (including phenoxy) is 1. The number of amides is 4. The molecule has 0 saturated carbocycles. The van der Waals surface area contributed by atoms with Crippen LogP contribution in [0, 0.1) is 0 Å². The minimum Gasteiger partial charge on any atom is -0.481 e. The van der Waals surface area contributed by atoms with Crippen LogP contribution in [0.15, 0.2) is 0 Å².